The maximum absolute atomic E-state index is 8.72. The molecule has 0 aliphatic rings. The molecule has 0 amide bonds. The second-order valence-electron chi connectivity index (χ2n) is 5.31. The first-order valence-corrected chi connectivity index (χ1v) is 7.22. The average Bonchev–Trinajstić information content (AvgIpc) is 2.62. The molecule has 2 aromatic rings. The fourth-order valence-electron chi connectivity index (χ4n) is 2.11. The topological polar surface area (TPSA) is 95.2 Å². The van der Waals surface area contributed by atoms with Gasteiger partial charge in [0, 0.05) is 0 Å². The number of benzene rings is 2. The Hall–Kier alpha value is -3.60. The minimum Gasteiger partial charge on any atom is -0.192 e. The summed E-state index contributed by atoms with van der Waals surface area (Å²) in [6.07, 6.45) is 0. The number of rotatable bonds is 0. The van der Waals surface area contributed by atoms with Gasteiger partial charge in [0.25, 0.3) is 0 Å². The molecule has 4 heteroatoms. The Labute approximate surface area is 142 Å². The predicted octanol–water partition coefficient (Wildman–Crippen LogP) is 4.09. The number of hydrogen-bond donors (Lipinski definition) is 0. The lowest BCUT2D eigenvalue weighted by molar-refractivity contribution is 1.22. The van der Waals surface area contributed by atoms with Gasteiger partial charge in [0.1, 0.15) is 24.3 Å². The van der Waals surface area contributed by atoms with Crippen molar-refractivity contribution >= 4 is 0 Å². The highest BCUT2D eigenvalue weighted by Gasteiger charge is 2.12. The molecule has 0 aliphatic carbocycles. The first-order chi connectivity index (χ1) is 11.4. The molecule has 2 rings (SSSR count). The maximum atomic E-state index is 8.72. The van der Waals surface area contributed by atoms with Crippen LogP contribution in [0.4, 0.5) is 0 Å². The molecule has 0 saturated heterocycles. The molecule has 24 heavy (non-hydrogen) atoms. The van der Waals surface area contributed by atoms with Crippen molar-refractivity contribution in [3.63, 3.8) is 0 Å². The third-order valence-corrected chi connectivity index (χ3v) is 4.00. The van der Waals surface area contributed by atoms with E-state index in [-0.39, 0.29) is 22.3 Å². The standard InChI is InChI=1S/C10H2N4.C10H14/c11-3-7-1-2-8(4-12)10(6-14)9(7)5-13;1-7-5-6-8(2)10(4)9(7)3/h1-2H;5-6H,1-4H3. The molecule has 0 spiro atoms. The number of aryl methyl sites for hydroxylation is 2. The molecule has 0 aromatic heterocycles. The molecule has 116 valence electrons. The van der Waals surface area contributed by atoms with Crippen LogP contribution in [-0.2, 0) is 0 Å². The van der Waals surface area contributed by atoms with Gasteiger partial charge < -0.3 is 0 Å². The zero-order valence-corrected chi connectivity index (χ0v) is 14.1. The molecule has 0 atom stereocenters. The highest BCUT2D eigenvalue weighted by atomic mass is 14.3. The van der Waals surface area contributed by atoms with Crippen LogP contribution in [0.5, 0.6) is 0 Å². The number of nitrogens with zero attached hydrogens (tertiary/aromatic N) is 4. The first-order valence-electron chi connectivity index (χ1n) is 7.22. The molecule has 0 heterocycles. The van der Waals surface area contributed by atoms with E-state index in [4.69, 9.17) is 21.0 Å². The smallest absolute Gasteiger partial charge is 0.102 e. The van der Waals surface area contributed by atoms with E-state index in [0.29, 0.717) is 0 Å². The van der Waals surface area contributed by atoms with Gasteiger partial charge in [-0.3, -0.25) is 0 Å². The van der Waals surface area contributed by atoms with Gasteiger partial charge in [-0.15, -0.1) is 0 Å². The van der Waals surface area contributed by atoms with Crippen LogP contribution in [0.1, 0.15) is 44.5 Å². The fraction of sp³-hybridized carbons (Fsp3) is 0.200. The molecule has 0 aliphatic heterocycles. The Bertz CT molecular complexity index is 864. The van der Waals surface area contributed by atoms with E-state index in [1.54, 1.807) is 24.3 Å². The van der Waals surface area contributed by atoms with E-state index in [2.05, 4.69) is 39.8 Å². The Morgan fingerprint density at radius 3 is 1.12 bits per heavy atom. The van der Waals surface area contributed by atoms with Crippen LogP contribution in [0, 0.1) is 73.0 Å². The van der Waals surface area contributed by atoms with Gasteiger partial charge in [0.05, 0.1) is 22.3 Å². The highest BCUT2D eigenvalue weighted by molar-refractivity contribution is 5.61. The average molecular weight is 312 g/mol. The van der Waals surface area contributed by atoms with Gasteiger partial charge in [-0.05, 0) is 62.1 Å². The summed E-state index contributed by atoms with van der Waals surface area (Å²) in [6, 6.07) is 14.1. The van der Waals surface area contributed by atoms with Crippen molar-refractivity contribution in [1.29, 1.82) is 21.0 Å². The molecular weight excluding hydrogens is 296 g/mol. The fourth-order valence-corrected chi connectivity index (χ4v) is 2.11. The minimum absolute atomic E-state index is 0.0333. The molecule has 0 saturated carbocycles. The lowest BCUT2D eigenvalue weighted by Gasteiger charge is -2.06. The number of hydrogen-bond acceptors (Lipinski definition) is 4. The van der Waals surface area contributed by atoms with Crippen LogP contribution < -0.4 is 0 Å². The van der Waals surface area contributed by atoms with E-state index in [9.17, 15) is 0 Å². The largest absolute Gasteiger partial charge is 0.192 e. The quantitative estimate of drug-likeness (QED) is 0.731. The van der Waals surface area contributed by atoms with Gasteiger partial charge in [-0.1, -0.05) is 12.1 Å². The normalized spacial score (nSPS) is 8.67. The third kappa shape index (κ3) is 3.78. The summed E-state index contributed by atoms with van der Waals surface area (Å²) in [5, 5.41) is 34.7. The van der Waals surface area contributed by atoms with E-state index >= 15 is 0 Å². The summed E-state index contributed by atoms with van der Waals surface area (Å²) in [4.78, 5) is 0. The second-order valence-corrected chi connectivity index (χ2v) is 5.31. The van der Waals surface area contributed by atoms with Crippen molar-refractivity contribution in [3.8, 4) is 24.3 Å². The van der Waals surface area contributed by atoms with Crippen molar-refractivity contribution in [2.75, 3.05) is 0 Å². The van der Waals surface area contributed by atoms with Gasteiger partial charge in [-0.25, -0.2) is 0 Å². The zero-order chi connectivity index (χ0) is 18.3. The molecule has 2 aromatic carbocycles. The Morgan fingerprint density at radius 2 is 0.875 bits per heavy atom. The Morgan fingerprint density at radius 1 is 0.542 bits per heavy atom. The van der Waals surface area contributed by atoms with Crippen LogP contribution in [0.2, 0.25) is 0 Å². The van der Waals surface area contributed by atoms with Crippen LogP contribution in [0.25, 0.3) is 0 Å². The maximum Gasteiger partial charge on any atom is 0.102 e. The molecule has 0 radical (unpaired) electrons. The Balaban J connectivity index is 0.000000254. The van der Waals surface area contributed by atoms with Gasteiger partial charge in [0.2, 0.25) is 0 Å². The van der Waals surface area contributed by atoms with E-state index < -0.39 is 0 Å². The minimum atomic E-state index is -0.0333. The summed E-state index contributed by atoms with van der Waals surface area (Å²) in [5.41, 5.74) is 5.81. The zero-order valence-electron chi connectivity index (χ0n) is 14.1. The lowest BCUT2D eigenvalue weighted by Crippen LogP contribution is -1.93. The van der Waals surface area contributed by atoms with Gasteiger partial charge in [0.15, 0.2) is 0 Å². The van der Waals surface area contributed by atoms with E-state index in [1.807, 2.05) is 0 Å². The SMILES string of the molecule is Cc1ccc(C)c(C)c1C.N#Cc1ccc(C#N)c(C#N)c1C#N. The van der Waals surface area contributed by atoms with Gasteiger partial charge >= 0.3 is 0 Å². The van der Waals surface area contributed by atoms with Crippen molar-refractivity contribution < 1.29 is 0 Å². The Kier molecular flexibility index (Phi) is 6.26. The second kappa shape index (κ2) is 8.14. The molecule has 0 bridgehead atoms. The van der Waals surface area contributed by atoms with Crippen LogP contribution in [0.15, 0.2) is 24.3 Å². The lowest BCUT2D eigenvalue weighted by atomic mass is 9.99. The van der Waals surface area contributed by atoms with E-state index in [0.717, 1.165) is 0 Å². The summed E-state index contributed by atoms with van der Waals surface area (Å²) >= 11 is 0. The molecule has 0 fully saturated rings. The van der Waals surface area contributed by atoms with Crippen molar-refractivity contribution in [1.82, 2.24) is 0 Å². The number of nitriles is 4. The van der Waals surface area contributed by atoms with Gasteiger partial charge in [-0.2, -0.15) is 21.0 Å². The summed E-state index contributed by atoms with van der Waals surface area (Å²) in [6.45, 7) is 8.67. The van der Waals surface area contributed by atoms with E-state index in [1.165, 1.54) is 34.4 Å². The summed E-state index contributed by atoms with van der Waals surface area (Å²) in [5.74, 6) is 0. The monoisotopic (exact) mass is 312 g/mol. The predicted molar refractivity (Wildman–Crippen MR) is 90.7 cm³/mol. The first kappa shape index (κ1) is 18.4. The molecule has 0 unspecified atom stereocenters. The third-order valence-electron chi connectivity index (χ3n) is 4.00. The van der Waals surface area contributed by atoms with Crippen LogP contribution in [-0.4, -0.2) is 0 Å². The van der Waals surface area contributed by atoms with Crippen LogP contribution >= 0.6 is 0 Å². The van der Waals surface area contributed by atoms with Crippen molar-refractivity contribution in [2.24, 2.45) is 0 Å². The molecular formula is C20H16N4. The van der Waals surface area contributed by atoms with Crippen LogP contribution in [0.3, 0.4) is 0 Å². The highest BCUT2D eigenvalue weighted by Crippen LogP contribution is 2.17. The van der Waals surface area contributed by atoms with Crippen molar-refractivity contribution in [3.05, 3.63) is 68.8 Å². The van der Waals surface area contributed by atoms with Crippen molar-refractivity contribution in [2.45, 2.75) is 27.7 Å². The summed E-state index contributed by atoms with van der Waals surface area (Å²) in [7, 11) is 0. The summed E-state index contributed by atoms with van der Waals surface area (Å²) < 4.78 is 0. The molecule has 0 N–H and O–H groups in total. The molecule has 4 nitrogen and oxygen atoms in total.